The minimum atomic E-state index is -3.76. The minimum absolute atomic E-state index is 0.0422. The Morgan fingerprint density at radius 1 is 1.00 bits per heavy atom. The number of para-hydroxylation sites is 1. The van der Waals surface area contributed by atoms with E-state index in [0.29, 0.717) is 30.8 Å². The van der Waals surface area contributed by atoms with Gasteiger partial charge in [0.1, 0.15) is 5.76 Å². The molecule has 0 spiro atoms. The van der Waals surface area contributed by atoms with Crippen molar-refractivity contribution in [2.75, 3.05) is 30.5 Å². The highest BCUT2D eigenvalue weighted by Crippen LogP contribution is 2.33. The van der Waals surface area contributed by atoms with Crippen molar-refractivity contribution < 1.29 is 17.6 Å². The first-order valence-corrected chi connectivity index (χ1v) is 12.7. The van der Waals surface area contributed by atoms with Crippen LogP contribution < -0.4 is 9.62 Å². The Labute approximate surface area is 194 Å². The van der Waals surface area contributed by atoms with Gasteiger partial charge in [-0.2, -0.15) is 0 Å². The molecule has 172 valence electrons. The number of sulfonamides is 1. The molecule has 2 aliphatic rings. The van der Waals surface area contributed by atoms with Gasteiger partial charge in [0.05, 0.1) is 22.9 Å². The molecule has 3 aromatic rings. The predicted octanol–water partition coefficient (Wildman–Crippen LogP) is 3.60. The van der Waals surface area contributed by atoms with E-state index < -0.39 is 10.0 Å². The third-order valence-corrected chi connectivity index (χ3v) is 8.25. The molecule has 2 aliphatic heterocycles. The lowest BCUT2D eigenvalue weighted by atomic mass is 10.1. The Bertz CT molecular complexity index is 1230. The van der Waals surface area contributed by atoms with Gasteiger partial charge < -0.3 is 9.73 Å². The summed E-state index contributed by atoms with van der Waals surface area (Å²) in [4.78, 5) is 15.4. The molecule has 1 aromatic heterocycles. The fraction of sp³-hybridized carbons (Fsp3) is 0.320. The first kappa shape index (κ1) is 21.7. The summed E-state index contributed by atoms with van der Waals surface area (Å²) in [6.07, 6.45) is 4.58. The largest absolute Gasteiger partial charge is 0.468 e. The van der Waals surface area contributed by atoms with E-state index in [2.05, 4.69) is 10.2 Å². The van der Waals surface area contributed by atoms with E-state index in [1.807, 2.05) is 36.4 Å². The summed E-state index contributed by atoms with van der Waals surface area (Å²) in [7, 11) is -3.76. The average molecular weight is 466 g/mol. The van der Waals surface area contributed by atoms with Gasteiger partial charge in [-0.1, -0.05) is 24.3 Å². The Morgan fingerprint density at radius 3 is 2.61 bits per heavy atom. The molecule has 0 saturated carbocycles. The minimum Gasteiger partial charge on any atom is -0.468 e. The zero-order chi connectivity index (χ0) is 22.8. The maximum absolute atomic E-state index is 13.3. The molecular formula is C25H27N3O4S. The number of hydrogen-bond acceptors (Lipinski definition) is 5. The lowest BCUT2D eigenvalue weighted by Crippen LogP contribution is -2.36. The molecule has 0 bridgehead atoms. The number of amides is 1. The summed E-state index contributed by atoms with van der Waals surface area (Å²) in [5, 5.41) is 2.98. The molecule has 1 N–H and O–H groups in total. The van der Waals surface area contributed by atoms with Gasteiger partial charge in [0, 0.05) is 18.7 Å². The van der Waals surface area contributed by atoms with Crippen molar-refractivity contribution >= 4 is 21.6 Å². The fourth-order valence-electron chi connectivity index (χ4n) is 4.72. The van der Waals surface area contributed by atoms with Gasteiger partial charge in [-0.15, -0.1) is 0 Å². The van der Waals surface area contributed by atoms with Crippen molar-refractivity contribution in [1.29, 1.82) is 0 Å². The number of nitrogens with one attached hydrogen (secondary N) is 1. The van der Waals surface area contributed by atoms with Gasteiger partial charge >= 0.3 is 0 Å². The molecule has 33 heavy (non-hydrogen) atoms. The summed E-state index contributed by atoms with van der Waals surface area (Å²) in [5.41, 5.74) is 2.04. The topological polar surface area (TPSA) is 82.9 Å². The van der Waals surface area contributed by atoms with Crippen LogP contribution in [-0.4, -0.2) is 45.4 Å². The highest BCUT2D eigenvalue weighted by molar-refractivity contribution is 7.92. The fourth-order valence-corrected chi connectivity index (χ4v) is 6.27. The molecule has 1 amide bonds. The number of rotatable bonds is 7. The number of benzene rings is 2. The Morgan fingerprint density at radius 2 is 1.82 bits per heavy atom. The first-order valence-electron chi connectivity index (χ1n) is 11.3. The predicted molar refractivity (Wildman–Crippen MR) is 126 cm³/mol. The average Bonchev–Trinajstić information content (AvgIpc) is 3.61. The molecule has 0 unspecified atom stereocenters. The van der Waals surface area contributed by atoms with Gasteiger partial charge in [-0.25, -0.2) is 8.42 Å². The van der Waals surface area contributed by atoms with Crippen LogP contribution in [0, 0.1) is 0 Å². The van der Waals surface area contributed by atoms with E-state index in [-0.39, 0.29) is 16.8 Å². The number of anilines is 1. The summed E-state index contributed by atoms with van der Waals surface area (Å²) in [5.74, 6) is 0.519. The van der Waals surface area contributed by atoms with E-state index >= 15 is 0 Å². The number of carbonyl (C=O) groups is 1. The number of likely N-dealkylation sites (tertiary alicyclic amines) is 1. The quantitative estimate of drug-likeness (QED) is 0.577. The molecule has 3 heterocycles. The highest BCUT2D eigenvalue weighted by Gasteiger charge is 2.31. The molecule has 1 fully saturated rings. The molecule has 0 radical (unpaired) electrons. The van der Waals surface area contributed by atoms with E-state index in [9.17, 15) is 13.2 Å². The molecule has 7 nitrogen and oxygen atoms in total. The van der Waals surface area contributed by atoms with Gasteiger partial charge in [-0.3, -0.25) is 14.0 Å². The Hall–Kier alpha value is -3.10. The molecular weight excluding hydrogens is 438 g/mol. The van der Waals surface area contributed by atoms with Crippen molar-refractivity contribution in [1.82, 2.24) is 10.2 Å². The van der Waals surface area contributed by atoms with Crippen LogP contribution >= 0.6 is 0 Å². The van der Waals surface area contributed by atoms with Crippen molar-refractivity contribution in [3.63, 3.8) is 0 Å². The summed E-state index contributed by atoms with van der Waals surface area (Å²) in [6, 6.07) is 17.5. The third-order valence-electron chi connectivity index (χ3n) is 6.44. The lowest BCUT2D eigenvalue weighted by Gasteiger charge is -2.26. The molecule has 5 rings (SSSR count). The number of nitrogens with zero attached hydrogens (tertiary/aromatic N) is 2. The normalized spacial score (nSPS) is 17.2. The van der Waals surface area contributed by atoms with Crippen molar-refractivity contribution in [3.05, 3.63) is 83.8 Å². The van der Waals surface area contributed by atoms with Crippen LogP contribution in [0.15, 0.2) is 76.2 Å². The van der Waals surface area contributed by atoms with E-state index in [4.69, 9.17) is 4.42 Å². The molecule has 0 aliphatic carbocycles. The van der Waals surface area contributed by atoms with E-state index in [1.54, 1.807) is 24.5 Å². The van der Waals surface area contributed by atoms with Crippen molar-refractivity contribution in [2.45, 2.75) is 30.2 Å². The zero-order valence-electron chi connectivity index (χ0n) is 18.3. The van der Waals surface area contributed by atoms with Gasteiger partial charge in [0.15, 0.2) is 0 Å². The highest BCUT2D eigenvalue weighted by atomic mass is 32.2. The summed E-state index contributed by atoms with van der Waals surface area (Å²) in [6.45, 7) is 2.72. The lowest BCUT2D eigenvalue weighted by molar-refractivity contribution is 0.0933. The van der Waals surface area contributed by atoms with Crippen LogP contribution in [0.5, 0.6) is 0 Å². The van der Waals surface area contributed by atoms with Crippen molar-refractivity contribution in [2.24, 2.45) is 0 Å². The second kappa shape index (κ2) is 9.03. The van der Waals surface area contributed by atoms with E-state index in [0.717, 1.165) is 37.3 Å². The Balaban J connectivity index is 1.33. The van der Waals surface area contributed by atoms with Crippen molar-refractivity contribution in [3.8, 4) is 0 Å². The second-order valence-corrected chi connectivity index (χ2v) is 10.3. The van der Waals surface area contributed by atoms with Crippen LogP contribution in [0.2, 0.25) is 0 Å². The van der Waals surface area contributed by atoms with Crippen LogP contribution in [-0.2, 0) is 16.4 Å². The van der Waals surface area contributed by atoms with Gasteiger partial charge in [0.25, 0.3) is 15.9 Å². The first-order chi connectivity index (χ1) is 16.0. The Kier molecular flexibility index (Phi) is 5.95. The van der Waals surface area contributed by atoms with Crippen LogP contribution in [0.4, 0.5) is 5.69 Å². The summed E-state index contributed by atoms with van der Waals surface area (Å²) >= 11 is 0. The monoisotopic (exact) mass is 465 g/mol. The van der Waals surface area contributed by atoms with Crippen LogP contribution in [0.3, 0.4) is 0 Å². The number of furan rings is 1. The standard InChI is InChI=1S/C25H27N3O4S/c29-25(26-18-23(24-11-6-16-32-24)27-13-3-4-14-27)20-8-5-9-21(17-20)33(30,31)28-15-12-19-7-1-2-10-22(19)28/h1-2,5-11,16-17,23H,3-4,12-15,18H2,(H,26,29)/t23-/m0/s1. The maximum atomic E-state index is 13.3. The zero-order valence-corrected chi connectivity index (χ0v) is 19.1. The maximum Gasteiger partial charge on any atom is 0.264 e. The smallest absolute Gasteiger partial charge is 0.264 e. The number of fused-ring (bicyclic) bond motifs is 1. The van der Waals surface area contributed by atoms with Crippen LogP contribution in [0.1, 0.15) is 40.6 Å². The second-order valence-electron chi connectivity index (χ2n) is 8.47. The number of carbonyl (C=O) groups excluding carboxylic acids is 1. The van der Waals surface area contributed by atoms with E-state index in [1.165, 1.54) is 10.4 Å². The van der Waals surface area contributed by atoms with Crippen LogP contribution in [0.25, 0.3) is 0 Å². The molecule has 2 aromatic carbocycles. The van der Waals surface area contributed by atoms with Gasteiger partial charge in [-0.05, 0) is 74.3 Å². The number of hydrogen-bond donors (Lipinski definition) is 1. The SMILES string of the molecule is O=C(NC[C@@H](c1ccco1)N1CCCC1)c1cccc(S(=O)(=O)N2CCc3ccccc32)c1. The summed E-state index contributed by atoms with van der Waals surface area (Å²) < 4.78 is 33.7. The molecule has 1 atom stereocenters. The molecule has 1 saturated heterocycles. The third kappa shape index (κ3) is 4.28. The molecule has 8 heteroatoms. The van der Waals surface area contributed by atoms with Gasteiger partial charge in [0.2, 0.25) is 0 Å².